The van der Waals surface area contributed by atoms with Crippen LogP contribution in [0.1, 0.15) is 11.1 Å². The van der Waals surface area contributed by atoms with Crippen LogP contribution >= 0.6 is 0 Å². The zero-order chi connectivity index (χ0) is 10.4. The lowest BCUT2D eigenvalue weighted by Gasteiger charge is -2.05. The Morgan fingerprint density at radius 1 is 1.50 bits per heavy atom. The fourth-order valence-electron chi connectivity index (χ4n) is 1.31. The van der Waals surface area contributed by atoms with Gasteiger partial charge in [0.05, 0.1) is 0 Å². The van der Waals surface area contributed by atoms with E-state index in [-0.39, 0.29) is 0 Å². The zero-order valence-electron chi connectivity index (χ0n) is 8.72. The molecule has 74 valence electrons. The molecule has 0 aliphatic carbocycles. The molecule has 1 aromatic rings. The highest BCUT2D eigenvalue weighted by Gasteiger charge is 1.92. The van der Waals surface area contributed by atoms with Crippen molar-refractivity contribution in [1.82, 2.24) is 5.32 Å². The molecule has 0 saturated heterocycles. The summed E-state index contributed by atoms with van der Waals surface area (Å²) in [5, 5.41) is 3.19. The fraction of sp³-hybridized carbons (Fsp3) is 0.231. The van der Waals surface area contributed by atoms with Gasteiger partial charge in [0.15, 0.2) is 0 Å². The second-order valence-electron chi connectivity index (χ2n) is 3.40. The molecule has 0 aromatic heterocycles. The van der Waals surface area contributed by atoms with Crippen molar-refractivity contribution in [3.05, 3.63) is 60.3 Å². The van der Waals surface area contributed by atoms with E-state index in [1.54, 1.807) is 6.08 Å². The minimum Gasteiger partial charge on any atom is -0.385 e. The SMILES string of the molecule is C=CC(=C)NCCc1cccc(C)c1. The summed E-state index contributed by atoms with van der Waals surface area (Å²) < 4.78 is 0. The molecule has 0 fully saturated rings. The quantitative estimate of drug-likeness (QED) is 0.699. The van der Waals surface area contributed by atoms with Crippen LogP contribution in [0.5, 0.6) is 0 Å². The molecule has 0 unspecified atom stereocenters. The molecule has 14 heavy (non-hydrogen) atoms. The van der Waals surface area contributed by atoms with Crippen LogP contribution in [0.2, 0.25) is 0 Å². The minimum atomic E-state index is 0.887. The zero-order valence-corrected chi connectivity index (χ0v) is 8.72. The predicted molar refractivity (Wildman–Crippen MR) is 62.2 cm³/mol. The van der Waals surface area contributed by atoms with E-state index < -0.39 is 0 Å². The maximum atomic E-state index is 3.79. The molecule has 0 aliphatic heterocycles. The van der Waals surface area contributed by atoms with Gasteiger partial charge in [0, 0.05) is 12.2 Å². The summed E-state index contributed by atoms with van der Waals surface area (Å²) in [6.07, 6.45) is 2.75. The van der Waals surface area contributed by atoms with Gasteiger partial charge in [-0.1, -0.05) is 43.0 Å². The first-order valence-corrected chi connectivity index (χ1v) is 4.83. The maximum absolute atomic E-state index is 3.79. The smallest absolute Gasteiger partial charge is 0.0261 e. The summed E-state index contributed by atoms with van der Waals surface area (Å²) in [6.45, 7) is 10.5. The first-order valence-electron chi connectivity index (χ1n) is 4.83. The molecule has 1 rings (SSSR count). The molecule has 1 nitrogen and oxygen atoms in total. The highest BCUT2D eigenvalue weighted by Crippen LogP contribution is 2.04. The number of allylic oxidation sites excluding steroid dienone is 1. The second-order valence-corrected chi connectivity index (χ2v) is 3.40. The Kier molecular flexibility index (Phi) is 3.99. The lowest BCUT2D eigenvalue weighted by Crippen LogP contribution is -2.14. The summed E-state index contributed by atoms with van der Waals surface area (Å²) in [7, 11) is 0. The average Bonchev–Trinajstić information content (AvgIpc) is 2.17. The van der Waals surface area contributed by atoms with Gasteiger partial charge in [-0.3, -0.25) is 0 Å². The van der Waals surface area contributed by atoms with Crippen LogP contribution in [0, 0.1) is 6.92 Å². The summed E-state index contributed by atoms with van der Waals surface area (Å²) in [4.78, 5) is 0. The average molecular weight is 187 g/mol. The van der Waals surface area contributed by atoms with Gasteiger partial charge >= 0.3 is 0 Å². The van der Waals surface area contributed by atoms with Crippen LogP contribution in [0.3, 0.4) is 0 Å². The molecular weight excluding hydrogens is 170 g/mol. The third-order valence-corrected chi connectivity index (χ3v) is 2.09. The molecule has 0 saturated carbocycles. The first-order chi connectivity index (χ1) is 6.72. The van der Waals surface area contributed by atoms with Crippen molar-refractivity contribution >= 4 is 0 Å². The molecule has 0 heterocycles. The van der Waals surface area contributed by atoms with Crippen LogP contribution in [-0.2, 0) is 6.42 Å². The molecule has 0 amide bonds. The van der Waals surface area contributed by atoms with Crippen LogP contribution in [0.4, 0.5) is 0 Å². The number of aryl methyl sites for hydroxylation is 1. The van der Waals surface area contributed by atoms with E-state index in [0.29, 0.717) is 0 Å². The summed E-state index contributed by atoms with van der Waals surface area (Å²) >= 11 is 0. The molecule has 0 aliphatic rings. The van der Waals surface area contributed by atoms with E-state index in [1.165, 1.54) is 11.1 Å². The Hall–Kier alpha value is -1.50. The van der Waals surface area contributed by atoms with Crippen LogP contribution in [0.25, 0.3) is 0 Å². The largest absolute Gasteiger partial charge is 0.385 e. The van der Waals surface area contributed by atoms with Crippen molar-refractivity contribution in [2.24, 2.45) is 0 Å². The van der Waals surface area contributed by atoms with Gasteiger partial charge in [-0.05, 0) is 25.0 Å². The van der Waals surface area contributed by atoms with Crippen LogP contribution < -0.4 is 5.32 Å². The maximum Gasteiger partial charge on any atom is 0.0261 e. The Bertz CT molecular complexity index is 326. The van der Waals surface area contributed by atoms with Gasteiger partial charge in [-0.2, -0.15) is 0 Å². The topological polar surface area (TPSA) is 12.0 Å². The van der Waals surface area contributed by atoms with Gasteiger partial charge in [0.2, 0.25) is 0 Å². The Morgan fingerprint density at radius 3 is 2.93 bits per heavy atom. The predicted octanol–water partition coefficient (Wildman–Crippen LogP) is 2.83. The lowest BCUT2D eigenvalue weighted by molar-refractivity contribution is 0.807. The Morgan fingerprint density at radius 2 is 2.29 bits per heavy atom. The number of nitrogens with one attached hydrogen (secondary N) is 1. The summed E-state index contributed by atoms with van der Waals surface area (Å²) in [5.74, 6) is 0. The standard InChI is InChI=1S/C13H17N/c1-4-12(3)14-9-8-13-7-5-6-11(2)10-13/h4-7,10,14H,1,3,8-9H2,2H3. The van der Waals surface area contributed by atoms with Crippen molar-refractivity contribution in [1.29, 1.82) is 0 Å². The molecule has 1 N–H and O–H groups in total. The number of benzene rings is 1. The normalized spacial score (nSPS) is 9.50. The van der Waals surface area contributed by atoms with Gasteiger partial charge in [0.25, 0.3) is 0 Å². The number of hydrogen-bond donors (Lipinski definition) is 1. The Labute approximate surface area is 86.2 Å². The van der Waals surface area contributed by atoms with E-state index in [9.17, 15) is 0 Å². The highest BCUT2D eigenvalue weighted by molar-refractivity contribution is 5.22. The molecule has 0 radical (unpaired) electrons. The van der Waals surface area contributed by atoms with Crippen LogP contribution in [0.15, 0.2) is 49.2 Å². The van der Waals surface area contributed by atoms with E-state index in [1.807, 2.05) is 0 Å². The fourth-order valence-corrected chi connectivity index (χ4v) is 1.31. The second kappa shape index (κ2) is 5.28. The van der Waals surface area contributed by atoms with Crippen molar-refractivity contribution in [3.63, 3.8) is 0 Å². The van der Waals surface area contributed by atoms with Crippen molar-refractivity contribution in [2.75, 3.05) is 6.54 Å². The van der Waals surface area contributed by atoms with E-state index in [4.69, 9.17) is 0 Å². The van der Waals surface area contributed by atoms with Gasteiger partial charge in [-0.25, -0.2) is 0 Å². The van der Waals surface area contributed by atoms with Gasteiger partial charge in [0.1, 0.15) is 0 Å². The molecular formula is C13H17N. The third kappa shape index (κ3) is 3.48. The third-order valence-electron chi connectivity index (χ3n) is 2.09. The number of hydrogen-bond acceptors (Lipinski definition) is 1. The monoisotopic (exact) mass is 187 g/mol. The minimum absolute atomic E-state index is 0.887. The van der Waals surface area contributed by atoms with Crippen molar-refractivity contribution in [2.45, 2.75) is 13.3 Å². The first kappa shape index (κ1) is 10.6. The van der Waals surface area contributed by atoms with Gasteiger partial charge in [-0.15, -0.1) is 0 Å². The highest BCUT2D eigenvalue weighted by atomic mass is 14.9. The molecule has 0 spiro atoms. The Balaban J connectivity index is 2.38. The van der Waals surface area contributed by atoms with Crippen molar-refractivity contribution in [3.8, 4) is 0 Å². The molecule has 0 bridgehead atoms. The lowest BCUT2D eigenvalue weighted by atomic mass is 10.1. The van der Waals surface area contributed by atoms with E-state index in [2.05, 4.69) is 49.7 Å². The molecule has 1 heteroatoms. The molecule has 0 atom stereocenters. The van der Waals surface area contributed by atoms with Crippen LogP contribution in [-0.4, -0.2) is 6.54 Å². The van der Waals surface area contributed by atoms with Gasteiger partial charge < -0.3 is 5.32 Å². The van der Waals surface area contributed by atoms with Crippen molar-refractivity contribution < 1.29 is 0 Å². The van der Waals surface area contributed by atoms with E-state index >= 15 is 0 Å². The number of rotatable bonds is 5. The summed E-state index contributed by atoms with van der Waals surface area (Å²) in [5.41, 5.74) is 3.55. The van der Waals surface area contributed by atoms with E-state index in [0.717, 1.165) is 18.7 Å². The summed E-state index contributed by atoms with van der Waals surface area (Å²) in [6, 6.07) is 8.55. The molecule has 1 aromatic carbocycles.